The number of hydrogen-bond acceptors (Lipinski definition) is 3. The lowest BCUT2D eigenvalue weighted by atomic mass is 10.3. The molecular formula is C12H16N4. The summed E-state index contributed by atoms with van der Waals surface area (Å²) in [6.45, 7) is 2.80. The Balaban J connectivity index is 2.33. The van der Waals surface area contributed by atoms with Crippen LogP contribution in [-0.4, -0.2) is 33.5 Å². The van der Waals surface area contributed by atoms with E-state index in [0.29, 0.717) is 0 Å². The van der Waals surface area contributed by atoms with Crippen LogP contribution in [0.25, 0.3) is 5.69 Å². The van der Waals surface area contributed by atoms with Gasteiger partial charge in [-0.25, -0.2) is 4.98 Å². The van der Waals surface area contributed by atoms with Gasteiger partial charge in [-0.1, -0.05) is 0 Å². The molecule has 0 saturated heterocycles. The van der Waals surface area contributed by atoms with Gasteiger partial charge < -0.3 is 9.47 Å². The van der Waals surface area contributed by atoms with Crippen LogP contribution in [0.3, 0.4) is 0 Å². The Kier molecular flexibility index (Phi) is 3.01. The molecule has 0 aliphatic rings. The number of nitrogens with zero attached hydrogens (tertiary/aromatic N) is 4. The fourth-order valence-electron chi connectivity index (χ4n) is 1.57. The van der Waals surface area contributed by atoms with Crippen LogP contribution in [0.2, 0.25) is 0 Å². The van der Waals surface area contributed by atoms with Crippen molar-refractivity contribution in [2.45, 2.75) is 13.5 Å². The third-order valence-electron chi connectivity index (χ3n) is 2.35. The molecular weight excluding hydrogens is 200 g/mol. The molecule has 0 aromatic carbocycles. The minimum Gasteiger partial charge on any atom is -0.302 e. The van der Waals surface area contributed by atoms with Gasteiger partial charge in [-0.3, -0.25) is 4.98 Å². The van der Waals surface area contributed by atoms with Crippen molar-refractivity contribution < 1.29 is 0 Å². The number of hydrogen-bond donors (Lipinski definition) is 0. The maximum atomic E-state index is 4.35. The molecule has 0 N–H and O–H groups in total. The first kappa shape index (κ1) is 10.8. The second kappa shape index (κ2) is 4.45. The van der Waals surface area contributed by atoms with E-state index in [0.717, 1.165) is 23.8 Å². The van der Waals surface area contributed by atoms with E-state index in [9.17, 15) is 0 Å². The van der Waals surface area contributed by atoms with E-state index in [2.05, 4.69) is 25.5 Å². The Bertz CT molecular complexity index is 456. The van der Waals surface area contributed by atoms with E-state index in [1.165, 1.54) is 0 Å². The summed E-state index contributed by atoms with van der Waals surface area (Å²) in [6, 6.07) is 4.07. The van der Waals surface area contributed by atoms with Crippen molar-refractivity contribution >= 4 is 0 Å². The van der Waals surface area contributed by atoms with E-state index in [4.69, 9.17) is 0 Å². The molecule has 2 rings (SSSR count). The molecule has 0 spiro atoms. The fraction of sp³-hybridized carbons (Fsp3) is 0.333. The number of aromatic nitrogens is 3. The first-order valence-corrected chi connectivity index (χ1v) is 5.27. The summed E-state index contributed by atoms with van der Waals surface area (Å²) in [5.41, 5.74) is 2.08. The number of rotatable bonds is 3. The topological polar surface area (TPSA) is 34.0 Å². The summed E-state index contributed by atoms with van der Waals surface area (Å²) in [6.07, 6.45) is 5.65. The largest absolute Gasteiger partial charge is 0.302 e. The summed E-state index contributed by atoms with van der Waals surface area (Å²) < 4.78 is 2.06. The second-order valence-corrected chi connectivity index (χ2v) is 4.11. The average Bonchev–Trinajstić information content (AvgIpc) is 2.66. The van der Waals surface area contributed by atoms with Crippen molar-refractivity contribution in [3.63, 3.8) is 0 Å². The van der Waals surface area contributed by atoms with Gasteiger partial charge in [0.05, 0.1) is 18.4 Å². The quantitative estimate of drug-likeness (QED) is 0.782. The fourth-order valence-corrected chi connectivity index (χ4v) is 1.57. The first-order chi connectivity index (χ1) is 7.66. The summed E-state index contributed by atoms with van der Waals surface area (Å²) in [4.78, 5) is 10.7. The van der Waals surface area contributed by atoms with Crippen molar-refractivity contribution in [3.05, 3.63) is 42.2 Å². The molecule has 2 heterocycles. The Morgan fingerprint density at radius 1 is 1.25 bits per heavy atom. The van der Waals surface area contributed by atoms with Crippen molar-refractivity contribution in [3.8, 4) is 5.69 Å². The zero-order valence-electron chi connectivity index (χ0n) is 9.88. The van der Waals surface area contributed by atoms with Gasteiger partial charge in [-0.15, -0.1) is 0 Å². The lowest BCUT2D eigenvalue weighted by Crippen LogP contribution is -2.14. The van der Waals surface area contributed by atoms with Gasteiger partial charge >= 0.3 is 0 Å². The van der Waals surface area contributed by atoms with Crippen LogP contribution >= 0.6 is 0 Å². The minimum absolute atomic E-state index is 0.820. The molecule has 0 saturated carbocycles. The van der Waals surface area contributed by atoms with Gasteiger partial charge in [0.1, 0.15) is 5.82 Å². The zero-order valence-corrected chi connectivity index (χ0v) is 9.88. The van der Waals surface area contributed by atoms with E-state index in [1.807, 2.05) is 45.7 Å². The van der Waals surface area contributed by atoms with Crippen LogP contribution < -0.4 is 0 Å². The third-order valence-corrected chi connectivity index (χ3v) is 2.35. The van der Waals surface area contributed by atoms with Crippen LogP contribution in [0.5, 0.6) is 0 Å². The number of imidazole rings is 1. The van der Waals surface area contributed by atoms with E-state index < -0.39 is 0 Å². The summed E-state index contributed by atoms with van der Waals surface area (Å²) in [5, 5.41) is 0. The molecule has 4 nitrogen and oxygen atoms in total. The van der Waals surface area contributed by atoms with Crippen LogP contribution in [-0.2, 0) is 6.54 Å². The maximum Gasteiger partial charge on any atom is 0.127 e. The highest BCUT2D eigenvalue weighted by Gasteiger charge is 2.05. The molecule has 4 heteroatoms. The van der Waals surface area contributed by atoms with Crippen molar-refractivity contribution in [2.75, 3.05) is 14.1 Å². The molecule has 84 valence electrons. The number of pyridine rings is 1. The molecule has 0 radical (unpaired) electrons. The van der Waals surface area contributed by atoms with Crippen LogP contribution in [0, 0.1) is 6.92 Å². The predicted octanol–water partition coefficient (Wildman–Crippen LogP) is 1.64. The molecule has 0 fully saturated rings. The second-order valence-electron chi connectivity index (χ2n) is 4.11. The molecule has 0 amide bonds. The van der Waals surface area contributed by atoms with E-state index >= 15 is 0 Å². The SMILES string of the molecule is Cc1ccc(-n2ccnc2CN(C)C)cn1. The van der Waals surface area contributed by atoms with Gasteiger partial charge in [-0.2, -0.15) is 0 Å². The summed E-state index contributed by atoms with van der Waals surface area (Å²) >= 11 is 0. The smallest absolute Gasteiger partial charge is 0.127 e. The number of aryl methyl sites for hydroxylation is 1. The van der Waals surface area contributed by atoms with Crippen molar-refractivity contribution in [2.24, 2.45) is 0 Å². The van der Waals surface area contributed by atoms with Crippen LogP contribution in [0.4, 0.5) is 0 Å². The Hall–Kier alpha value is -1.68. The lowest BCUT2D eigenvalue weighted by Gasteiger charge is -2.11. The minimum atomic E-state index is 0.820. The van der Waals surface area contributed by atoms with Gasteiger partial charge in [0, 0.05) is 18.1 Å². The monoisotopic (exact) mass is 216 g/mol. The molecule has 0 aliphatic carbocycles. The Morgan fingerprint density at radius 3 is 2.69 bits per heavy atom. The van der Waals surface area contributed by atoms with E-state index in [1.54, 1.807) is 0 Å². The summed E-state index contributed by atoms with van der Waals surface area (Å²) in [5.74, 6) is 1.02. The molecule has 0 bridgehead atoms. The van der Waals surface area contributed by atoms with Crippen LogP contribution in [0.1, 0.15) is 11.5 Å². The molecule has 0 aliphatic heterocycles. The average molecular weight is 216 g/mol. The van der Waals surface area contributed by atoms with Gasteiger partial charge in [0.25, 0.3) is 0 Å². The molecule has 0 atom stereocenters. The third kappa shape index (κ3) is 2.28. The Morgan fingerprint density at radius 2 is 2.06 bits per heavy atom. The standard InChI is InChI=1S/C12H16N4/c1-10-4-5-11(8-14-10)16-7-6-13-12(16)9-15(2)3/h4-8H,9H2,1-3H3. The van der Waals surface area contributed by atoms with Crippen molar-refractivity contribution in [1.29, 1.82) is 0 Å². The molecule has 2 aromatic rings. The highest BCUT2D eigenvalue weighted by Crippen LogP contribution is 2.10. The van der Waals surface area contributed by atoms with E-state index in [-0.39, 0.29) is 0 Å². The van der Waals surface area contributed by atoms with Gasteiger partial charge in [0.2, 0.25) is 0 Å². The predicted molar refractivity (Wildman–Crippen MR) is 63.5 cm³/mol. The lowest BCUT2D eigenvalue weighted by molar-refractivity contribution is 0.388. The summed E-state index contributed by atoms with van der Waals surface area (Å²) in [7, 11) is 4.07. The highest BCUT2D eigenvalue weighted by molar-refractivity contribution is 5.31. The highest BCUT2D eigenvalue weighted by atomic mass is 15.1. The van der Waals surface area contributed by atoms with Crippen LogP contribution in [0.15, 0.2) is 30.7 Å². The molecule has 16 heavy (non-hydrogen) atoms. The van der Waals surface area contributed by atoms with Gasteiger partial charge in [-0.05, 0) is 33.2 Å². The van der Waals surface area contributed by atoms with Crippen molar-refractivity contribution in [1.82, 2.24) is 19.4 Å². The zero-order chi connectivity index (χ0) is 11.5. The Labute approximate surface area is 95.6 Å². The normalized spacial score (nSPS) is 11.0. The first-order valence-electron chi connectivity index (χ1n) is 5.27. The molecule has 0 unspecified atom stereocenters. The molecule has 2 aromatic heterocycles. The maximum absolute atomic E-state index is 4.35. The van der Waals surface area contributed by atoms with Gasteiger partial charge in [0.15, 0.2) is 0 Å².